The van der Waals surface area contributed by atoms with Gasteiger partial charge in [0, 0.05) is 9.79 Å². The van der Waals surface area contributed by atoms with E-state index in [2.05, 4.69) is 96.0 Å². The molecule has 3 aromatic rings. The van der Waals surface area contributed by atoms with Crippen molar-refractivity contribution in [1.82, 2.24) is 0 Å². The van der Waals surface area contributed by atoms with Crippen LogP contribution in [0.15, 0.2) is 86.7 Å². The Morgan fingerprint density at radius 3 is 1.90 bits per heavy atom. The first-order valence-electron chi connectivity index (χ1n) is 10.4. The zero-order valence-electron chi connectivity index (χ0n) is 19.2. The van der Waals surface area contributed by atoms with Gasteiger partial charge in [0.2, 0.25) is 0 Å². The predicted octanol–water partition coefficient (Wildman–Crippen LogP) is 9.16. The molecule has 0 N–H and O–H groups in total. The van der Waals surface area contributed by atoms with Gasteiger partial charge < -0.3 is 0 Å². The van der Waals surface area contributed by atoms with E-state index in [0.717, 1.165) is 16.3 Å². The minimum Gasteiger partial charge on any atom is -0.150 e. The first-order chi connectivity index (χ1) is 14.1. The Kier molecular flexibility index (Phi) is 6.52. The summed E-state index contributed by atoms with van der Waals surface area (Å²) in [5.41, 5.74) is 5.77. The van der Waals surface area contributed by atoms with Gasteiger partial charge in [0.15, 0.2) is 0 Å². The molecule has 0 aliphatic rings. The van der Waals surface area contributed by atoms with Crippen molar-refractivity contribution in [3.8, 4) is 0 Å². The van der Waals surface area contributed by atoms with Crippen LogP contribution in [0.2, 0.25) is 0 Å². The van der Waals surface area contributed by atoms with E-state index in [0.29, 0.717) is 0 Å². The van der Waals surface area contributed by atoms with Gasteiger partial charge in [0.25, 0.3) is 0 Å². The van der Waals surface area contributed by atoms with E-state index in [1.165, 1.54) is 21.6 Å². The fourth-order valence-corrected chi connectivity index (χ4v) is 4.27. The van der Waals surface area contributed by atoms with E-state index in [-0.39, 0.29) is 10.8 Å². The van der Waals surface area contributed by atoms with Gasteiger partial charge in [-0.2, -0.15) is 5.11 Å². The zero-order chi connectivity index (χ0) is 21.9. The highest BCUT2D eigenvalue weighted by molar-refractivity contribution is 7.99. The van der Waals surface area contributed by atoms with Crippen LogP contribution >= 0.6 is 11.8 Å². The third-order valence-corrected chi connectivity index (χ3v) is 6.23. The molecule has 0 amide bonds. The SMILES string of the molecule is Cc1c(N=Nc2ccccc2Sc2ccccc2)cc(C(C)(C)C)cc1C(C)(C)C. The maximum absolute atomic E-state index is 4.74. The summed E-state index contributed by atoms with van der Waals surface area (Å²) >= 11 is 1.71. The third kappa shape index (κ3) is 5.40. The molecular formula is C27H32N2S. The summed E-state index contributed by atoms with van der Waals surface area (Å²) in [5, 5.41) is 9.42. The molecule has 3 aromatic carbocycles. The zero-order valence-corrected chi connectivity index (χ0v) is 20.0. The lowest BCUT2D eigenvalue weighted by atomic mass is 9.78. The number of rotatable bonds is 4. The monoisotopic (exact) mass is 416 g/mol. The van der Waals surface area contributed by atoms with Crippen molar-refractivity contribution in [2.75, 3.05) is 0 Å². The van der Waals surface area contributed by atoms with E-state index in [9.17, 15) is 0 Å². The molecule has 0 spiro atoms. The van der Waals surface area contributed by atoms with Crippen molar-refractivity contribution in [2.24, 2.45) is 10.2 Å². The van der Waals surface area contributed by atoms with Gasteiger partial charge in [-0.25, -0.2) is 0 Å². The largest absolute Gasteiger partial charge is 0.150 e. The molecule has 3 heteroatoms. The second-order valence-electron chi connectivity index (χ2n) is 9.75. The molecular weight excluding hydrogens is 384 g/mol. The number of nitrogens with zero attached hydrogens (tertiary/aromatic N) is 2. The maximum Gasteiger partial charge on any atom is 0.0996 e. The maximum atomic E-state index is 4.74. The number of azo groups is 1. The summed E-state index contributed by atoms with van der Waals surface area (Å²) in [6.07, 6.45) is 0. The van der Waals surface area contributed by atoms with Crippen molar-refractivity contribution in [1.29, 1.82) is 0 Å². The normalized spacial score (nSPS) is 12.5. The highest BCUT2D eigenvalue weighted by Crippen LogP contribution is 2.39. The van der Waals surface area contributed by atoms with Gasteiger partial charge in [0.1, 0.15) is 0 Å². The topological polar surface area (TPSA) is 24.7 Å². The van der Waals surface area contributed by atoms with Crippen LogP contribution in [0.5, 0.6) is 0 Å². The quantitative estimate of drug-likeness (QED) is 0.389. The Balaban J connectivity index is 2.03. The molecule has 3 rings (SSSR count). The van der Waals surface area contributed by atoms with Gasteiger partial charge in [-0.3, -0.25) is 0 Å². The molecule has 0 aromatic heterocycles. The molecule has 0 fully saturated rings. The smallest absolute Gasteiger partial charge is 0.0996 e. The molecule has 2 nitrogen and oxygen atoms in total. The van der Waals surface area contributed by atoms with E-state index >= 15 is 0 Å². The van der Waals surface area contributed by atoms with E-state index in [4.69, 9.17) is 5.11 Å². The Morgan fingerprint density at radius 1 is 0.667 bits per heavy atom. The van der Waals surface area contributed by atoms with Crippen molar-refractivity contribution in [3.63, 3.8) is 0 Å². The van der Waals surface area contributed by atoms with Crippen LogP contribution in [0.1, 0.15) is 58.2 Å². The van der Waals surface area contributed by atoms with E-state index < -0.39 is 0 Å². The third-order valence-electron chi connectivity index (χ3n) is 5.16. The highest BCUT2D eigenvalue weighted by atomic mass is 32.2. The fourth-order valence-electron chi connectivity index (χ4n) is 3.36. The second-order valence-corrected chi connectivity index (χ2v) is 10.9. The van der Waals surface area contributed by atoms with Crippen molar-refractivity contribution >= 4 is 23.1 Å². The number of hydrogen-bond donors (Lipinski definition) is 0. The molecule has 0 radical (unpaired) electrons. The van der Waals surface area contributed by atoms with Gasteiger partial charge in [0.05, 0.1) is 11.4 Å². The predicted molar refractivity (Wildman–Crippen MR) is 130 cm³/mol. The van der Waals surface area contributed by atoms with Crippen molar-refractivity contribution in [3.05, 3.63) is 83.4 Å². The van der Waals surface area contributed by atoms with Crippen LogP contribution in [0.25, 0.3) is 0 Å². The van der Waals surface area contributed by atoms with Crippen LogP contribution in [0, 0.1) is 6.92 Å². The first kappa shape index (κ1) is 22.3. The summed E-state index contributed by atoms with van der Waals surface area (Å²) < 4.78 is 0. The lowest BCUT2D eigenvalue weighted by Crippen LogP contribution is -2.17. The fraction of sp³-hybridized carbons (Fsp3) is 0.333. The second kappa shape index (κ2) is 8.77. The number of benzene rings is 3. The average molecular weight is 417 g/mol. The standard InChI is InChI=1S/C27H32N2S/c1-19-22(27(5,6)7)17-20(26(2,3)4)18-24(19)29-28-23-15-11-12-16-25(23)30-21-13-9-8-10-14-21/h8-18H,1-7H3. The molecule has 0 bridgehead atoms. The summed E-state index contributed by atoms with van der Waals surface area (Å²) in [4.78, 5) is 2.30. The van der Waals surface area contributed by atoms with Crippen LogP contribution in [-0.2, 0) is 10.8 Å². The van der Waals surface area contributed by atoms with Gasteiger partial charge >= 0.3 is 0 Å². The Morgan fingerprint density at radius 2 is 1.27 bits per heavy atom. The van der Waals surface area contributed by atoms with Crippen LogP contribution in [0.3, 0.4) is 0 Å². The van der Waals surface area contributed by atoms with E-state index in [1.807, 2.05) is 24.3 Å². The first-order valence-corrected chi connectivity index (χ1v) is 11.3. The average Bonchev–Trinajstić information content (AvgIpc) is 2.67. The molecule has 30 heavy (non-hydrogen) atoms. The summed E-state index contributed by atoms with van der Waals surface area (Å²) in [6.45, 7) is 15.7. The highest BCUT2D eigenvalue weighted by Gasteiger charge is 2.23. The Labute approximate surface area is 185 Å². The lowest BCUT2D eigenvalue weighted by Gasteiger charge is -2.27. The summed E-state index contributed by atoms with van der Waals surface area (Å²) in [7, 11) is 0. The molecule has 0 aliphatic heterocycles. The summed E-state index contributed by atoms with van der Waals surface area (Å²) in [5.74, 6) is 0. The van der Waals surface area contributed by atoms with E-state index in [1.54, 1.807) is 11.8 Å². The minimum absolute atomic E-state index is 0.0523. The number of hydrogen-bond acceptors (Lipinski definition) is 3. The van der Waals surface area contributed by atoms with Crippen LogP contribution in [-0.4, -0.2) is 0 Å². The van der Waals surface area contributed by atoms with Gasteiger partial charge in [-0.15, -0.1) is 5.11 Å². The van der Waals surface area contributed by atoms with Crippen LogP contribution < -0.4 is 0 Å². The molecule has 0 aliphatic carbocycles. The van der Waals surface area contributed by atoms with Crippen molar-refractivity contribution in [2.45, 2.75) is 69.1 Å². The molecule has 0 unspecified atom stereocenters. The van der Waals surface area contributed by atoms with Gasteiger partial charge in [-0.1, -0.05) is 89.7 Å². The minimum atomic E-state index is 0.0523. The molecule has 0 saturated carbocycles. The molecule has 0 atom stereocenters. The van der Waals surface area contributed by atoms with Gasteiger partial charge in [-0.05, 0) is 64.8 Å². The Hall–Kier alpha value is -2.39. The molecule has 0 saturated heterocycles. The summed E-state index contributed by atoms with van der Waals surface area (Å²) in [6, 6.07) is 23.1. The molecule has 156 valence electrons. The van der Waals surface area contributed by atoms with Crippen LogP contribution in [0.4, 0.5) is 11.4 Å². The molecule has 0 heterocycles. The van der Waals surface area contributed by atoms with Crippen molar-refractivity contribution < 1.29 is 0 Å². The lowest BCUT2D eigenvalue weighted by molar-refractivity contribution is 0.566. The Bertz CT molecular complexity index is 1040.